The van der Waals surface area contributed by atoms with Gasteiger partial charge in [0.15, 0.2) is 4.47 Å². The van der Waals surface area contributed by atoms with Gasteiger partial charge < -0.3 is 4.74 Å². The number of aromatic nitrogens is 1. The lowest BCUT2D eigenvalue weighted by Crippen LogP contribution is -2.07. The Morgan fingerprint density at radius 3 is 2.76 bits per heavy atom. The van der Waals surface area contributed by atoms with Crippen LogP contribution in [0.2, 0.25) is 4.47 Å². The molecule has 0 saturated heterocycles. The Bertz CT molecular complexity index is 498. The largest absolute Gasteiger partial charge is 0.460 e. The van der Waals surface area contributed by atoms with E-state index in [-0.39, 0.29) is 19.0 Å². The summed E-state index contributed by atoms with van der Waals surface area (Å²) in [6.45, 7) is 0.232. The van der Waals surface area contributed by atoms with Crippen molar-refractivity contribution in [3.8, 4) is 0 Å². The van der Waals surface area contributed by atoms with E-state index < -0.39 is 0 Å². The molecule has 2 rings (SSSR count). The first-order chi connectivity index (χ1) is 8.24. The molecule has 17 heavy (non-hydrogen) atoms. The summed E-state index contributed by atoms with van der Waals surface area (Å²) in [6, 6.07) is 9.49. The predicted octanol–water partition coefficient (Wildman–Crippen LogP) is 3.08. The highest BCUT2D eigenvalue weighted by molar-refractivity contribution is 7.15. The average molecular weight is 268 g/mol. The van der Waals surface area contributed by atoms with E-state index in [9.17, 15) is 4.79 Å². The maximum Gasteiger partial charge on any atom is 0.310 e. The Kier molecular flexibility index (Phi) is 4.12. The van der Waals surface area contributed by atoms with Gasteiger partial charge in [0.2, 0.25) is 0 Å². The zero-order valence-electron chi connectivity index (χ0n) is 8.93. The zero-order valence-corrected chi connectivity index (χ0v) is 10.5. The molecule has 1 aromatic carbocycles. The van der Waals surface area contributed by atoms with Crippen molar-refractivity contribution in [3.63, 3.8) is 0 Å². The number of esters is 1. The Balaban J connectivity index is 1.82. The Morgan fingerprint density at radius 1 is 1.35 bits per heavy atom. The molecule has 1 heterocycles. The molecule has 0 aliphatic rings. The van der Waals surface area contributed by atoms with Crippen LogP contribution in [-0.2, 0) is 22.6 Å². The van der Waals surface area contributed by atoms with Gasteiger partial charge in [-0.05, 0) is 5.56 Å². The van der Waals surface area contributed by atoms with E-state index in [2.05, 4.69) is 4.98 Å². The van der Waals surface area contributed by atoms with E-state index in [0.29, 0.717) is 4.47 Å². The summed E-state index contributed by atoms with van der Waals surface area (Å²) in [4.78, 5) is 16.2. The number of carbonyl (C=O) groups is 1. The van der Waals surface area contributed by atoms with E-state index >= 15 is 0 Å². The van der Waals surface area contributed by atoms with Gasteiger partial charge in [0, 0.05) is 6.20 Å². The summed E-state index contributed by atoms with van der Waals surface area (Å²) in [6.07, 6.45) is 1.90. The van der Waals surface area contributed by atoms with Crippen LogP contribution < -0.4 is 0 Å². The number of benzene rings is 1. The van der Waals surface area contributed by atoms with Crippen molar-refractivity contribution in [1.29, 1.82) is 0 Å². The molecule has 0 aliphatic carbocycles. The first kappa shape index (κ1) is 12.1. The van der Waals surface area contributed by atoms with Crippen LogP contribution in [0.4, 0.5) is 0 Å². The molecule has 3 nitrogen and oxygen atoms in total. The summed E-state index contributed by atoms with van der Waals surface area (Å²) < 4.78 is 5.58. The summed E-state index contributed by atoms with van der Waals surface area (Å²) in [5.41, 5.74) is 0.944. The third kappa shape index (κ3) is 3.84. The highest BCUT2D eigenvalue weighted by Gasteiger charge is 2.06. The van der Waals surface area contributed by atoms with E-state index in [0.717, 1.165) is 10.4 Å². The van der Waals surface area contributed by atoms with Crippen molar-refractivity contribution in [2.45, 2.75) is 13.0 Å². The average Bonchev–Trinajstić information content (AvgIpc) is 2.74. The van der Waals surface area contributed by atoms with E-state index in [4.69, 9.17) is 16.3 Å². The van der Waals surface area contributed by atoms with E-state index in [1.165, 1.54) is 11.3 Å². The molecule has 0 atom stereocenters. The topological polar surface area (TPSA) is 39.2 Å². The van der Waals surface area contributed by atoms with Crippen molar-refractivity contribution >= 4 is 28.9 Å². The van der Waals surface area contributed by atoms with Gasteiger partial charge in [-0.15, -0.1) is 11.3 Å². The first-order valence-corrected chi connectivity index (χ1v) is 6.23. The van der Waals surface area contributed by atoms with Crippen molar-refractivity contribution in [2.75, 3.05) is 0 Å². The van der Waals surface area contributed by atoms with Gasteiger partial charge in [-0.2, -0.15) is 0 Å². The highest BCUT2D eigenvalue weighted by atomic mass is 35.5. The molecule has 5 heteroatoms. The third-order valence-electron chi connectivity index (χ3n) is 2.09. The minimum Gasteiger partial charge on any atom is -0.460 e. The predicted molar refractivity (Wildman–Crippen MR) is 67.1 cm³/mol. The molecule has 0 unspecified atom stereocenters. The van der Waals surface area contributed by atoms with Gasteiger partial charge in [0.25, 0.3) is 0 Å². The van der Waals surface area contributed by atoms with Gasteiger partial charge in [0.1, 0.15) is 6.61 Å². The van der Waals surface area contributed by atoms with Crippen LogP contribution in [0.15, 0.2) is 36.5 Å². The smallest absolute Gasteiger partial charge is 0.310 e. The standard InChI is InChI=1S/C12H10ClNO2S/c13-12-14-7-10(17-12)8-16-11(15)6-9-4-2-1-3-5-9/h1-5,7H,6,8H2. The Morgan fingerprint density at radius 2 is 2.12 bits per heavy atom. The summed E-state index contributed by atoms with van der Waals surface area (Å²) >= 11 is 6.99. The van der Waals surface area contributed by atoms with Gasteiger partial charge in [-0.1, -0.05) is 41.9 Å². The second-order valence-corrected chi connectivity index (χ2v) is 5.10. The molecule has 0 spiro atoms. The Labute approximate surface area is 108 Å². The molecule has 0 N–H and O–H groups in total. The van der Waals surface area contributed by atoms with Gasteiger partial charge in [-0.3, -0.25) is 4.79 Å². The normalized spacial score (nSPS) is 10.2. The fourth-order valence-corrected chi connectivity index (χ4v) is 2.21. The molecule has 0 bridgehead atoms. The number of hydrogen-bond acceptors (Lipinski definition) is 4. The monoisotopic (exact) mass is 267 g/mol. The SMILES string of the molecule is O=C(Cc1ccccc1)OCc1cnc(Cl)s1. The lowest BCUT2D eigenvalue weighted by molar-refractivity contribution is -0.144. The lowest BCUT2D eigenvalue weighted by atomic mass is 10.2. The maximum absolute atomic E-state index is 11.5. The highest BCUT2D eigenvalue weighted by Crippen LogP contribution is 2.18. The van der Waals surface area contributed by atoms with Crippen LogP contribution in [0.25, 0.3) is 0 Å². The van der Waals surface area contributed by atoms with Crippen LogP contribution in [0.5, 0.6) is 0 Å². The van der Waals surface area contributed by atoms with Crippen molar-refractivity contribution in [1.82, 2.24) is 4.98 Å². The van der Waals surface area contributed by atoms with Crippen LogP contribution in [0, 0.1) is 0 Å². The number of carbonyl (C=O) groups excluding carboxylic acids is 1. The molecular formula is C12H10ClNO2S. The number of thiazole rings is 1. The number of rotatable bonds is 4. The maximum atomic E-state index is 11.5. The molecule has 0 fully saturated rings. The van der Waals surface area contributed by atoms with Gasteiger partial charge in [0.05, 0.1) is 11.3 Å². The van der Waals surface area contributed by atoms with Crippen molar-refractivity contribution < 1.29 is 9.53 Å². The summed E-state index contributed by atoms with van der Waals surface area (Å²) in [5, 5.41) is 0. The van der Waals surface area contributed by atoms with Crippen molar-refractivity contribution in [3.05, 3.63) is 51.4 Å². The molecule has 88 valence electrons. The second kappa shape index (κ2) is 5.80. The fourth-order valence-electron chi connectivity index (χ4n) is 1.32. The third-order valence-corrected chi connectivity index (χ3v) is 3.18. The van der Waals surface area contributed by atoms with Crippen LogP contribution in [-0.4, -0.2) is 11.0 Å². The number of nitrogens with zero attached hydrogens (tertiary/aromatic N) is 1. The number of halogens is 1. The number of hydrogen-bond donors (Lipinski definition) is 0. The molecule has 0 aliphatic heterocycles. The first-order valence-electron chi connectivity index (χ1n) is 5.04. The number of ether oxygens (including phenoxy) is 1. The summed E-state index contributed by atoms with van der Waals surface area (Å²) in [5.74, 6) is -0.249. The van der Waals surface area contributed by atoms with Crippen LogP contribution in [0.1, 0.15) is 10.4 Å². The van der Waals surface area contributed by atoms with Crippen LogP contribution >= 0.6 is 22.9 Å². The molecule has 0 amide bonds. The lowest BCUT2D eigenvalue weighted by Gasteiger charge is -2.02. The summed E-state index contributed by atoms with van der Waals surface area (Å²) in [7, 11) is 0. The molecule has 1 aromatic heterocycles. The van der Waals surface area contributed by atoms with Crippen LogP contribution in [0.3, 0.4) is 0 Å². The molecular weight excluding hydrogens is 258 g/mol. The van der Waals surface area contributed by atoms with E-state index in [1.807, 2.05) is 30.3 Å². The van der Waals surface area contributed by atoms with Gasteiger partial charge in [-0.25, -0.2) is 4.98 Å². The minimum absolute atomic E-state index is 0.232. The zero-order chi connectivity index (χ0) is 12.1. The molecule has 0 saturated carbocycles. The van der Waals surface area contributed by atoms with Gasteiger partial charge >= 0.3 is 5.97 Å². The second-order valence-electron chi connectivity index (χ2n) is 3.40. The Hall–Kier alpha value is -1.39. The van der Waals surface area contributed by atoms with Crippen molar-refractivity contribution in [2.24, 2.45) is 0 Å². The molecule has 0 radical (unpaired) electrons. The quantitative estimate of drug-likeness (QED) is 0.799. The van der Waals surface area contributed by atoms with E-state index in [1.54, 1.807) is 6.20 Å². The molecule has 2 aromatic rings. The fraction of sp³-hybridized carbons (Fsp3) is 0.167. The minimum atomic E-state index is -0.249.